The van der Waals surface area contributed by atoms with Crippen LogP contribution in [0, 0.1) is 10.5 Å². The topological polar surface area (TPSA) is 70.3 Å². The number of halogens is 1. The number of nitrogens with zero attached hydrogens (tertiary/aromatic N) is 2. The van der Waals surface area contributed by atoms with Gasteiger partial charge in [0.05, 0.1) is 10.7 Å². The summed E-state index contributed by atoms with van der Waals surface area (Å²) in [5.74, 6) is 2.23. The molecule has 2 heterocycles. The number of rotatable bonds is 4. The Balaban J connectivity index is 1.83. The Hall–Kier alpha value is -2.35. The summed E-state index contributed by atoms with van der Waals surface area (Å²) in [7, 11) is 1.59. The SMILES string of the molecule is COc1nc(Oc2ccc(-c3cc(C)cnc3N)cc2)ccc1I. The van der Waals surface area contributed by atoms with Gasteiger partial charge in [0, 0.05) is 17.8 Å². The van der Waals surface area contributed by atoms with Gasteiger partial charge in [-0.3, -0.25) is 0 Å². The van der Waals surface area contributed by atoms with Crippen LogP contribution in [0.2, 0.25) is 0 Å². The summed E-state index contributed by atoms with van der Waals surface area (Å²) in [6, 6.07) is 13.4. The first-order valence-electron chi connectivity index (χ1n) is 7.28. The van der Waals surface area contributed by atoms with Crippen molar-refractivity contribution in [2.45, 2.75) is 6.92 Å². The molecule has 24 heavy (non-hydrogen) atoms. The lowest BCUT2D eigenvalue weighted by atomic mass is 10.1. The number of methoxy groups -OCH3 is 1. The third kappa shape index (κ3) is 3.59. The van der Waals surface area contributed by atoms with Gasteiger partial charge in [-0.2, -0.15) is 4.98 Å². The third-order valence-electron chi connectivity index (χ3n) is 3.42. The highest BCUT2D eigenvalue weighted by atomic mass is 127. The monoisotopic (exact) mass is 433 g/mol. The average Bonchev–Trinajstić information content (AvgIpc) is 2.59. The first kappa shape index (κ1) is 16.5. The highest BCUT2D eigenvalue weighted by molar-refractivity contribution is 14.1. The molecule has 0 aliphatic heterocycles. The number of aromatic nitrogens is 2. The first-order valence-corrected chi connectivity index (χ1v) is 8.35. The number of hydrogen-bond donors (Lipinski definition) is 1. The molecule has 5 nitrogen and oxygen atoms in total. The van der Waals surface area contributed by atoms with Crippen LogP contribution in [-0.2, 0) is 0 Å². The second kappa shape index (κ2) is 7.04. The van der Waals surface area contributed by atoms with Crippen LogP contribution >= 0.6 is 22.6 Å². The van der Waals surface area contributed by atoms with E-state index in [1.54, 1.807) is 19.4 Å². The van der Waals surface area contributed by atoms with Crippen molar-refractivity contribution in [1.29, 1.82) is 0 Å². The van der Waals surface area contributed by atoms with E-state index >= 15 is 0 Å². The van der Waals surface area contributed by atoms with E-state index in [1.807, 2.05) is 43.3 Å². The van der Waals surface area contributed by atoms with Gasteiger partial charge in [-0.25, -0.2) is 4.98 Å². The fraction of sp³-hybridized carbons (Fsp3) is 0.111. The number of anilines is 1. The molecule has 0 radical (unpaired) electrons. The largest absolute Gasteiger partial charge is 0.480 e. The van der Waals surface area contributed by atoms with Crippen LogP contribution in [0.4, 0.5) is 5.82 Å². The van der Waals surface area contributed by atoms with Gasteiger partial charge in [-0.15, -0.1) is 0 Å². The van der Waals surface area contributed by atoms with E-state index < -0.39 is 0 Å². The number of ether oxygens (including phenoxy) is 2. The maximum atomic E-state index is 5.96. The van der Waals surface area contributed by atoms with Crippen LogP contribution < -0.4 is 15.2 Å². The molecule has 0 bridgehead atoms. The van der Waals surface area contributed by atoms with Crippen molar-refractivity contribution in [2.75, 3.05) is 12.8 Å². The van der Waals surface area contributed by atoms with E-state index in [4.69, 9.17) is 15.2 Å². The smallest absolute Gasteiger partial charge is 0.230 e. The van der Waals surface area contributed by atoms with Crippen LogP contribution in [0.25, 0.3) is 11.1 Å². The van der Waals surface area contributed by atoms with Crippen molar-refractivity contribution in [1.82, 2.24) is 9.97 Å². The Bertz CT molecular complexity index is 867. The van der Waals surface area contributed by atoms with Gasteiger partial charge in [0.1, 0.15) is 11.6 Å². The number of benzene rings is 1. The molecule has 0 atom stereocenters. The lowest BCUT2D eigenvalue weighted by Crippen LogP contribution is -1.95. The molecule has 1 aromatic carbocycles. The fourth-order valence-corrected chi connectivity index (χ4v) is 2.76. The minimum Gasteiger partial charge on any atom is -0.480 e. The minimum atomic E-state index is 0.483. The van der Waals surface area contributed by atoms with Crippen LogP contribution in [0.15, 0.2) is 48.7 Å². The summed E-state index contributed by atoms with van der Waals surface area (Å²) in [4.78, 5) is 8.50. The molecule has 0 spiro atoms. The van der Waals surface area contributed by atoms with Crippen molar-refractivity contribution < 1.29 is 9.47 Å². The van der Waals surface area contributed by atoms with Gasteiger partial charge in [0.15, 0.2) is 0 Å². The van der Waals surface area contributed by atoms with Gasteiger partial charge in [-0.05, 0) is 64.9 Å². The molecule has 3 rings (SSSR count). The molecular formula is C18H16IN3O2. The van der Waals surface area contributed by atoms with Gasteiger partial charge in [0.25, 0.3) is 0 Å². The lowest BCUT2D eigenvalue weighted by Gasteiger charge is -2.09. The van der Waals surface area contributed by atoms with Gasteiger partial charge in [-0.1, -0.05) is 12.1 Å². The zero-order valence-electron chi connectivity index (χ0n) is 13.3. The van der Waals surface area contributed by atoms with Gasteiger partial charge >= 0.3 is 0 Å². The van der Waals surface area contributed by atoms with Crippen molar-refractivity contribution in [3.05, 3.63) is 57.8 Å². The number of aryl methyl sites for hydroxylation is 1. The summed E-state index contributed by atoms with van der Waals surface area (Å²) in [6.07, 6.45) is 1.76. The Morgan fingerprint density at radius 3 is 2.54 bits per heavy atom. The summed E-state index contributed by atoms with van der Waals surface area (Å²) in [5, 5.41) is 0. The normalized spacial score (nSPS) is 10.5. The van der Waals surface area contributed by atoms with E-state index in [0.717, 1.165) is 20.3 Å². The zero-order chi connectivity index (χ0) is 17.1. The standard InChI is InChI=1S/C18H16IN3O2/c1-11-9-14(17(20)21-10-11)12-3-5-13(6-4-12)24-16-8-7-15(19)18(22-16)23-2/h3-10H,1-2H3,(H2,20,21). The fourth-order valence-electron chi connectivity index (χ4n) is 2.24. The Morgan fingerprint density at radius 1 is 1.08 bits per heavy atom. The second-order valence-electron chi connectivity index (χ2n) is 5.21. The number of hydrogen-bond acceptors (Lipinski definition) is 5. The van der Waals surface area contributed by atoms with Crippen LogP contribution in [0.3, 0.4) is 0 Å². The number of nitrogens with two attached hydrogens (primary N) is 1. The highest BCUT2D eigenvalue weighted by Gasteiger charge is 2.07. The molecular weight excluding hydrogens is 417 g/mol. The van der Waals surface area contributed by atoms with Crippen LogP contribution in [0.5, 0.6) is 17.5 Å². The van der Waals surface area contributed by atoms with Gasteiger partial charge in [0.2, 0.25) is 11.8 Å². The molecule has 0 amide bonds. The molecule has 0 fully saturated rings. The van der Waals surface area contributed by atoms with E-state index in [-0.39, 0.29) is 0 Å². The van der Waals surface area contributed by atoms with E-state index in [9.17, 15) is 0 Å². The number of nitrogen functional groups attached to an aromatic ring is 1. The predicted octanol–water partition coefficient (Wildman–Crippen LogP) is 4.44. The van der Waals surface area contributed by atoms with Crippen LogP contribution in [0.1, 0.15) is 5.56 Å². The molecule has 0 aliphatic carbocycles. The summed E-state index contributed by atoms with van der Waals surface area (Å²) in [6.45, 7) is 1.99. The molecule has 0 unspecified atom stereocenters. The van der Waals surface area contributed by atoms with E-state index in [0.29, 0.717) is 23.3 Å². The molecule has 122 valence electrons. The molecule has 3 aromatic rings. The molecule has 0 saturated heterocycles. The Labute approximate surface area is 154 Å². The molecule has 6 heteroatoms. The second-order valence-corrected chi connectivity index (χ2v) is 6.37. The maximum absolute atomic E-state index is 5.96. The van der Waals surface area contributed by atoms with Crippen molar-refractivity contribution in [3.63, 3.8) is 0 Å². The number of pyridine rings is 2. The van der Waals surface area contributed by atoms with E-state index in [1.165, 1.54) is 0 Å². The Morgan fingerprint density at radius 2 is 1.83 bits per heavy atom. The summed E-state index contributed by atoms with van der Waals surface area (Å²) >= 11 is 2.16. The van der Waals surface area contributed by atoms with E-state index in [2.05, 4.69) is 32.6 Å². The summed E-state index contributed by atoms with van der Waals surface area (Å²) in [5.41, 5.74) is 8.93. The minimum absolute atomic E-state index is 0.483. The molecule has 0 aliphatic rings. The Kier molecular flexibility index (Phi) is 4.84. The lowest BCUT2D eigenvalue weighted by molar-refractivity contribution is 0.380. The molecule has 0 saturated carbocycles. The molecule has 2 aromatic heterocycles. The molecule has 2 N–H and O–H groups in total. The predicted molar refractivity (Wildman–Crippen MR) is 102 cm³/mol. The van der Waals surface area contributed by atoms with Crippen molar-refractivity contribution >= 4 is 28.4 Å². The quantitative estimate of drug-likeness (QED) is 0.617. The maximum Gasteiger partial charge on any atom is 0.230 e. The van der Waals surface area contributed by atoms with Crippen LogP contribution in [-0.4, -0.2) is 17.1 Å². The van der Waals surface area contributed by atoms with Crippen molar-refractivity contribution in [2.24, 2.45) is 0 Å². The third-order valence-corrected chi connectivity index (χ3v) is 4.25. The summed E-state index contributed by atoms with van der Waals surface area (Å²) < 4.78 is 11.9. The highest BCUT2D eigenvalue weighted by Crippen LogP contribution is 2.29. The zero-order valence-corrected chi connectivity index (χ0v) is 15.4. The van der Waals surface area contributed by atoms with Gasteiger partial charge < -0.3 is 15.2 Å². The van der Waals surface area contributed by atoms with Crippen molar-refractivity contribution in [3.8, 4) is 28.6 Å². The average molecular weight is 433 g/mol. The first-order chi connectivity index (χ1) is 11.6.